The zero-order valence-corrected chi connectivity index (χ0v) is 15.4. The van der Waals surface area contributed by atoms with Crippen LogP contribution >= 0.6 is 0 Å². The van der Waals surface area contributed by atoms with Gasteiger partial charge in [0.2, 0.25) is 5.91 Å². The van der Waals surface area contributed by atoms with Crippen molar-refractivity contribution < 1.29 is 4.79 Å². The molecule has 2 aromatic heterocycles. The third kappa shape index (κ3) is 3.29. The van der Waals surface area contributed by atoms with E-state index in [9.17, 15) is 9.59 Å². The molecule has 1 aliphatic heterocycles. The molecule has 8 nitrogen and oxygen atoms in total. The molecule has 8 heteroatoms. The maximum Gasteiger partial charge on any atom is 0.254 e. The summed E-state index contributed by atoms with van der Waals surface area (Å²) in [7, 11) is 1.99. The highest BCUT2D eigenvalue weighted by molar-refractivity contribution is 5.94. The highest BCUT2D eigenvalue weighted by Crippen LogP contribution is 2.29. The van der Waals surface area contributed by atoms with Crippen molar-refractivity contribution >= 4 is 5.91 Å². The van der Waals surface area contributed by atoms with Gasteiger partial charge in [-0.05, 0) is 24.7 Å². The van der Waals surface area contributed by atoms with E-state index in [0.29, 0.717) is 42.4 Å². The number of rotatable bonds is 3. The molecule has 1 amide bonds. The van der Waals surface area contributed by atoms with Crippen LogP contribution < -0.4 is 11.3 Å². The average molecular weight is 376 g/mol. The van der Waals surface area contributed by atoms with E-state index in [4.69, 9.17) is 10.7 Å². The van der Waals surface area contributed by atoms with Gasteiger partial charge in [-0.1, -0.05) is 18.2 Å². The van der Waals surface area contributed by atoms with Crippen molar-refractivity contribution in [3.05, 3.63) is 76.2 Å². The molecule has 0 saturated heterocycles. The van der Waals surface area contributed by atoms with E-state index in [1.165, 1.54) is 12.4 Å². The molecular formula is C20H20N6O2. The quantitative estimate of drug-likeness (QED) is 0.727. The van der Waals surface area contributed by atoms with Crippen LogP contribution in [0.3, 0.4) is 0 Å². The lowest BCUT2D eigenvalue weighted by molar-refractivity contribution is 0.0999. The smallest absolute Gasteiger partial charge is 0.254 e. The monoisotopic (exact) mass is 376 g/mol. The molecule has 142 valence electrons. The Kier molecular flexibility index (Phi) is 4.70. The van der Waals surface area contributed by atoms with Gasteiger partial charge in [-0.15, -0.1) is 0 Å². The van der Waals surface area contributed by atoms with Gasteiger partial charge in [0.15, 0.2) is 0 Å². The summed E-state index contributed by atoms with van der Waals surface area (Å²) in [5.41, 5.74) is 7.74. The largest absolute Gasteiger partial charge is 0.366 e. The van der Waals surface area contributed by atoms with Crippen LogP contribution in [0.5, 0.6) is 0 Å². The van der Waals surface area contributed by atoms with Gasteiger partial charge in [0.05, 0.1) is 17.3 Å². The first kappa shape index (κ1) is 18.0. The summed E-state index contributed by atoms with van der Waals surface area (Å²) in [5, 5.41) is 0. The zero-order valence-electron chi connectivity index (χ0n) is 15.4. The number of carbonyl (C=O) groups excluding carboxylic acids is 1. The molecule has 0 radical (unpaired) electrons. The minimum atomic E-state index is -0.497. The SMILES string of the molecule is CN1CCn2c(nc(-c3ccncn3)cc2=O)C(c2ccccc2C(N)=O)C1. The summed E-state index contributed by atoms with van der Waals surface area (Å²) < 4.78 is 1.68. The number of fused-ring (bicyclic) bond motifs is 1. The van der Waals surface area contributed by atoms with Crippen LogP contribution in [0.1, 0.15) is 27.7 Å². The molecule has 0 aliphatic carbocycles. The Morgan fingerprint density at radius 3 is 2.75 bits per heavy atom. The summed E-state index contributed by atoms with van der Waals surface area (Å²) in [6.45, 7) is 1.84. The third-order valence-electron chi connectivity index (χ3n) is 5.00. The number of nitrogens with zero attached hydrogens (tertiary/aromatic N) is 5. The van der Waals surface area contributed by atoms with Gasteiger partial charge in [-0.3, -0.25) is 14.2 Å². The molecule has 0 bridgehead atoms. The minimum absolute atomic E-state index is 0.143. The first-order chi connectivity index (χ1) is 13.5. The Morgan fingerprint density at radius 2 is 2.00 bits per heavy atom. The molecule has 4 rings (SSSR count). The van der Waals surface area contributed by atoms with Gasteiger partial charge in [0.25, 0.3) is 5.56 Å². The first-order valence-corrected chi connectivity index (χ1v) is 9.00. The molecule has 28 heavy (non-hydrogen) atoms. The van der Waals surface area contributed by atoms with Crippen molar-refractivity contribution in [2.75, 3.05) is 20.1 Å². The number of likely N-dealkylation sites (N-methyl/N-ethyl adjacent to an activating group) is 1. The number of nitrogens with two attached hydrogens (primary N) is 1. The Morgan fingerprint density at radius 1 is 1.18 bits per heavy atom. The van der Waals surface area contributed by atoms with Crippen LogP contribution in [0.25, 0.3) is 11.4 Å². The van der Waals surface area contributed by atoms with E-state index in [2.05, 4.69) is 14.9 Å². The van der Waals surface area contributed by atoms with Crippen molar-refractivity contribution in [3.63, 3.8) is 0 Å². The van der Waals surface area contributed by atoms with Gasteiger partial charge in [0, 0.05) is 37.5 Å². The fraction of sp³-hybridized carbons (Fsp3) is 0.250. The third-order valence-corrected chi connectivity index (χ3v) is 5.00. The van der Waals surface area contributed by atoms with E-state index in [1.54, 1.807) is 29.0 Å². The van der Waals surface area contributed by atoms with Crippen molar-refractivity contribution in [2.45, 2.75) is 12.5 Å². The Labute approximate surface area is 161 Å². The number of benzene rings is 1. The standard InChI is InChI=1S/C20H20N6O2/c1-25-8-9-26-18(27)10-17(16-6-7-22-12-23-16)24-20(26)15(11-25)13-4-2-3-5-14(13)19(21)28/h2-7,10,12,15H,8-9,11H2,1H3,(H2,21,28). The Balaban J connectivity index is 1.94. The number of hydrogen-bond acceptors (Lipinski definition) is 6. The molecule has 0 spiro atoms. The molecule has 1 atom stereocenters. The molecule has 3 heterocycles. The number of primary amides is 1. The van der Waals surface area contributed by atoms with Gasteiger partial charge in [-0.2, -0.15) is 0 Å². The fourth-order valence-corrected chi connectivity index (χ4v) is 3.61. The summed E-state index contributed by atoms with van der Waals surface area (Å²) in [6, 6.07) is 10.4. The molecule has 1 unspecified atom stereocenters. The molecule has 2 N–H and O–H groups in total. The number of aromatic nitrogens is 4. The normalized spacial score (nSPS) is 17.0. The second-order valence-corrected chi connectivity index (χ2v) is 6.85. The maximum absolute atomic E-state index is 12.9. The minimum Gasteiger partial charge on any atom is -0.366 e. The lowest BCUT2D eigenvalue weighted by Crippen LogP contribution is -2.28. The number of amides is 1. The number of hydrogen-bond donors (Lipinski definition) is 1. The Hall–Kier alpha value is -3.39. The average Bonchev–Trinajstić information content (AvgIpc) is 2.88. The van der Waals surface area contributed by atoms with E-state index in [0.717, 1.165) is 5.56 Å². The van der Waals surface area contributed by atoms with E-state index in [1.807, 2.05) is 19.2 Å². The topological polar surface area (TPSA) is 107 Å². The van der Waals surface area contributed by atoms with Crippen LogP contribution in [0.15, 0.2) is 53.7 Å². The second-order valence-electron chi connectivity index (χ2n) is 6.85. The second kappa shape index (κ2) is 7.32. The van der Waals surface area contributed by atoms with E-state index in [-0.39, 0.29) is 11.5 Å². The fourth-order valence-electron chi connectivity index (χ4n) is 3.61. The molecule has 0 fully saturated rings. The van der Waals surface area contributed by atoms with Crippen molar-refractivity contribution in [1.82, 2.24) is 24.4 Å². The molecule has 1 aromatic carbocycles. The molecule has 3 aromatic rings. The maximum atomic E-state index is 12.9. The van der Waals surface area contributed by atoms with Gasteiger partial charge >= 0.3 is 0 Å². The molecule has 1 aliphatic rings. The zero-order chi connectivity index (χ0) is 19.7. The van der Waals surface area contributed by atoms with Crippen LogP contribution in [0.2, 0.25) is 0 Å². The molecular weight excluding hydrogens is 356 g/mol. The van der Waals surface area contributed by atoms with Crippen molar-refractivity contribution in [3.8, 4) is 11.4 Å². The first-order valence-electron chi connectivity index (χ1n) is 9.00. The van der Waals surface area contributed by atoms with Crippen LogP contribution in [-0.2, 0) is 6.54 Å². The van der Waals surface area contributed by atoms with Gasteiger partial charge in [-0.25, -0.2) is 15.0 Å². The molecule has 0 saturated carbocycles. The van der Waals surface area contributed by atoms with Gasteiger partial charge in [0.1, 0.15) is 12.2 Å². The number of carbonyl (C=O) groups is 1. The summed E-state index contributed by atoms with van der Waals surface area (Å²) >= 11 is 0. The lowest BCUT2D eigenvalue weighted by Gasteiger charge is -2.22. The lowest BCUT2D eigenvalue weighted by atomic mass is 9.92. The van der Waals surface area contributed by atoms with Crippen LogP contribution in [0, 0.1) is 0 Å². The highest BCUT2D eigenvalue weighted by Gasteiger charge is 2.28. The predicted octanol–water partition coefficient (Wildman–Crippen LogP) is 0.877. The summed E-state index contributed by atoms with van der Waals surface area (Å²) in [4.78, 5) is 39.9. The highest BCUT2D eigenvalue weighted by atomic mass is 16.1. The van der Waals surface area contributed by atoms with E-state index >= 15 is 0 Å². The van der Waals surface area contributed by atoms with Crippen LogP contribution in [-0.4, -0.2) is 50.5 Å². The predicted molar refractivity (Wildman–Crippen MR) is 104 cm³/mol. The van der Waals surface area contributed by atoms with Crippen LogP contribution in [0.4, 0.5) is 0 Å². The summed E-state index contributed by atoms with van der Waals surface area (Å²) in [5.74, 6) is -0.159. The summed E-state index contributed by atoms with van der Waals surface area (Å²) in [6.07, 6.45) is 3.04. The van der Waals surface area contributed by atoms with Gasteiger partial charge < -0.3 is 10.6 Å². The Bertz CT molecular complexity index is 1080. The van der Waals surface area contributed by atoms with E-state index < -0.39 is 5.91 Å². The van der Waals surface area contributed by atoms with Crippen molar-refractivity contribution in [1.29, 1.82) is 0 Å². The van der Waals surface area contributed by atoms with Crippen molar-refractivity contribution in [2.24, 2.45) is 5.73 Å².